The predicted molar refractivity (Wildman–Crippen MR) is 44.4 cm³/mol. The van der Waals surface area contributed by atoms with Gasteiger partial charge in [0.05, 0.1) is 7.11 Å². The van der Waals surface area contributed by atoms with E-state index in [1.54, 1.807) is 6.92 Å². The Bertz CT molecular complexity index is 320. The van der Waals surface area contributed by atoms with E-state index in [0.717, 1.165) is 5.56 Å². The SMILES string of the molecule is COc1cc(C)ccc1OC(F)(F)F. The number of aryl methyl sites for hydroxylation is 1. The Morgan fingerprint density at radius 1 is 1.14 bits per heavy atom. The molecule has 0 atom stereocenters. The lowest BCUT2D eigenvalue weighted by molar-refractivity contribution is -0.275. The molecule has 0 amide bonds. The monoisotopic (exact) mass is 206 g/mol. The Labute approximate surface area is 79.2 Å². The van der Waals surface area contributed by atoms with Crippen molar-refractivity contribution in [1.29, 1.82) is 0 Å². The van der Waals surface area contributed by atoms with E-state index in [1.165, 1.54) is 25.3 Å². The van der Waals surface area contributed by atoms with Crippen LogP contribution in [-0.2, 0) is 0 Å². The molecule has 0 aliphatic heterocycles. The summed E-state index contributed by atoms with van der Waals surface area (Å²) in [5.74, 6) is -0.257. The summed E-state index contributed by atoms with van der Waals surface area (Å²) >= 11 is 0. The van der Waals surface area contributed by atoms with Crippen LogP contribution in [0.2, 0.25) is 0 Å². The van der Waals surface area contributed by atoms with Crippen LogP contribution in [0.25, 0.3) is 0 Å². The number of benzene rings is 1. The quantitative estimate of drug-likeness (QED) is 0.740. The van der Waals surface area contributed by atoms with Gasteiger partial charge in [-0.1, -0.05) is 6.07 Å². The first-order valence-corrected chi connectivity index (χ1v) is 3.83. The van der Waals surface area contributed by atoms with E-state index in [-0.39, 0.29) is 11.5 Å². The highest BCUT2D eigenvalue weighted by molar-refractivity contribution is 5.42. The minimum atomic E-state index is -4.69. The summed E-state index contributed by atoms with van der Waals surface area (Å²) in [4.78, 5) is 0. The van der Waals surface area contributed by atoms with E-state index < -0.39 is 6.36 Å². The third-order valence-electron chi connectivity index (χ3n) is 1.54. The first-order chi connectivity index (χ1) is 6.42. The Morgan fingerprint density at radius 2 is 1.79 bits per heavy atom. The Balaban J connectivity index is 2.97. The minimum absolute atomic E-state index is 0.0716. The van der Waals surface area contributed by atoms with Crippen molar-refractivity contribution in [2.24, 2.45) is 0 Å². The second-order valence-corrected chi connectivity index (χ2v) is 2.70. The molecule has 0 saturated heterocycles. The molecule has 0 saturated carbocycles. The minimum Gasteiger partial charge on any atom is -0.493 e. The number of methoxy groups -OCH3 is 1. The van der Waals surface area contributed by atoms with Gasteiger partial charge in [-0.2, -0.15) is 0 Å². The first-order valence-electron chi connectivity index (χ1n) is 3.83. The lowest BCUT2D eigenvalue weighted by atomic mass is 10.2. The zero-order valence-corrected chi connectivity index (χ0v) is 7.68. The lowest BCUT2D eigenvalue weighted by Crippen LogP contribution is -2.17. The van der Waals surface area contributed by atoms with Gasteiger partial charge < -0.3 is 9.47 Å². The second-order valence-electron chi connectivity index (χ2n) is 2.70. The van der Waals surface area contributed by atoms with Crippen LogP contribution < -0.4 is 9.47 Å². The largest absolute Gasteiger partial charge is 0.573 e. The average molecular weight is 206 g/mol. The highest BCUT2D eigenvalue weighted by atomic mass is 19.4. The molecule has 0 aromatic heterocycles. The standard InChI is InChI=1S/C9H9F3O2/c1-6-3-4-7(8(5-6)13-2)14-9(10,11)12/h3-5H,1-2H3. The number of hydrogen-bond donors (Lipinski definition) is 0. The van der Waals surface area contributed by atoms with Gasteiger partial charge in [0, 0.05) is 0 Å². The number of rotatable bonds is 2. The zero-order valence-electron chi connectivity index (χ0n) is 7.68. The summed E-state index contributed by atoms with van der Waals surface area (Å²) < 4.78 is 44.1. The molecule has 14 heavy (non-hydrogen) atoms. The number of halogens is 3. The molecule has 0 unspecified atom stereocenters. The van der Waals surface area contributed by atoms with Gasteiger partial charge in [-0.15, -0.1) is 13.2 Å². The van der Waals surface area contributed by atoms with Crippen LogP contribution in [0.5, 0.6) is 11.5 Å². The summed E-state index contributed by atoms with van der Waals surface area (Å²) in [6.45, 7) is 1.75. The van der Waals surface area contributed by atoms with Crippen molar-refractivity contribution in [3.8, 4) is 11.5 Å². The molecule has 0 spiro atoms. The summed E-state index contributed by atoms with van der Waals surface area (Å²) in [5.41, 5.74) is 0.802. The van der Waals surface area contributed by atoms with Gasteiger partial charge in [0.25, 0.3) is 0 Å². The topological polar surface area (TPSA) is 18.5 Å². The molecule has 78 valence electrons. The van der Waals surface area contributed by atoms with Crippen molar-refractivity contribution in [3.63, 3.8) is 0 Å². The fourth-order valence-electron chi connectivity index (χ4n) is 0.984. The number of alkyl halides is 3. The van der Waals surface area contributed by atoms with Gasteiger partial charge in [0.1, 0.15) is 0 Å². The molecule has 1 aromatic carbocycles. The van der Waals surface area contributed by atoms with Crippen LogP contribution in [0.3, 0.4) is 0 Å². The molecule has 0 bridgehead atoms. The highest BCUT2D eigenvalue weighted by Crippen LogP contribution is 2.32. The Morgan fingerprint density at radius 3 is 2.29 bits per heavy atom. The predicted octanol–water partition coefficient (Wildman–Crippen LogP) is 2.90. The maximum absolute atomic E-state index is 11.9. The fourth-order valence-corrected chi connectivity index (χ4v) is 0.984. The molecule has 0 aliphatic rings. The Hall–Kier alpha value is -1.39. The van der Waals surface area contributed by atoms with Crippen LogP contribution in [0.15, 0.2) is 18.2 Å². The smallest absolute Gasteiger partial charge is 0.493 e. The van der Waals surface area contributed by atoms with Crippen molar-refractivity contribution in [2.45, 2.75) is 13.3 Å². The van der Waals surface area contributed by atoms with Crippen LogP contribution in [0, 0.1) is 6.92 Å². The van der Waals surface area contributed by atoms with Gasteiger partial charge in [-0.05, 0) is 24.6 Å². The van der Waals surface area contributed by atoms with Crippen LogP contribution in [0.1, 0.15) is 5.56 Å². The third-order valence-corrected chi connectivity index (χ3v) is 1.54. The van der Waals surface area contributed by atoms with E-state index >= 15 is 0 Å². The van der Waals surface area contributed by atoms with Crippen LogP contribution in [-0.4, -0.2) is 13.5 Å². The second kappa shape index (κ2) is 3.77. The summed E-state index contributed by atoms with van der Waals surface area (Å²) in [6, 6.07) is 4.21. The third kappa shape index (κ3) is 2.83. The molecule has 1 aromatic rings. The van der Waals surface area contributed by atoms with Gasteiger partial charge in [-0.3, -0.25) is 0 Å². The Kier molecular flexibility index (Phi) is 2.88. The van der Waals surface area contributed by atoms with Gasteiger partial charge in [0.2, 0.25) is 0 Å². The summed E-state index contributed by atoms with van der Waals surface area (Å²) in [5, 5.41) is 0. The average Bonchev–Trinajstić information content (AvgIpc) is 2.06. The number of hydrogen-bond acceptors (Lipinski definition) is 2. The molecule has 1 rings (SSSR count). The van der Waals surface area contributed by atoms with Crippen molar-refractivity contribution in [1.82, 2.24) is 0 Å². The normalized spacial score (nSPS) is 11.2. The molecule has 0 heterocycles. The van der Waals surface area contributed by atoms with Crippen molar-refractivity contribution < 1.29 is 22.6 Å². The van der Waals surface area contributed by atoms with E-state index in [9.17, 15) is 13.2 Å². The van der Waals surface area contributed by atoms with Crippen molar-refractivity contribution in [3.05, 3.63) is 23.8 Å². The summed E-state index contributed by atoms with van der Waals surface area (Å²) in [6.07, 6.45) is -4.69. The fraction of sp³-hybridized carbons (Fsp3) is 0.333. The molecule has 0 aliphatic carbocycles. The first kappa shape index (κ1) is 10.7. The molecule has 2 nitrogen and oxygen atoms in total. The van der Waals surface area contributed by atoms with Crippen LogP contribution >= 0.6 is 0 Å². The molecule has 0 N–H and O–H groups in total. The number of ether oxygens (including phenoxy) is 2. The zero-order chi connectivity index (χ0) is 10.8. The molecule has 5 heteroatoms. The van der Waals surface area contributed by atoms with Crippen molar-refractivity contribution in [2.75, 3.05) is 7.11 Å². The van der Waals surface area contributed by atoms with Crippen LogP contribution in [0.4, 0.5) is 13.2 Å². The summed E-state index contributed by atoms with van der Waals surface area (Å²) in [7, 11) is 1.29. The van der Waals surface area contributed by atoms with E-state index in [4.69, 9.17) is 4.74 Å². The highest BCUT2D eigenvalue weighted by Gasteiger charge is 2.32. The molecular formula is C9H9F3O2. The van der Waals surface area contributed by atoms with E-state index in [1.807, 2.05) is 0 Å². The maximum atomic E-state index is 11.9. The molecule has 0 fully saturated rings. The van der Waals surface area contributed by atoms with Crippen molar-refractivity contribution >= 4 is 0 Å². The van der Waals surface area contributed by atoms with Gasteiger partial charge in [0.15, 0.2) is 11.5 Å². The molecule has 0 radical (unpaired) electrons. The van der Waals surface area contributed by atoms with Gasteiger partial charge >= 0.3 is 6.36 Å². The van der Waals surface area contributed by atoms with E-state index in [0.29, 0.717) is 0 Å². The van der Waals surface area contributed by atoms with E-state index in [2.05, 4.69) is 4.74 Å². The van der Waals surface area contributed by atoms with Gasteiger partial charge in [-0.25, -0.2) is 0 Å². The molecular weight excluding hydrogens is 197 g/mol. The lowest BCUT2D eigenvalue weighted by Gasteiger charge is -2.12. The maximum Gasteiger partial charge on any atom is 0.573 e.